The summed E-state index contributed by atoms with van der Waals surface area (Å²) >= 11 is 0. The average molecular weight is 262 g/mol. The van der Waals surface area contributed by atoms with Crippen LogP contribution in [0.4, 0.5) is 11.4 Å². The highest BCUT2D eigenvalue weighted by molar-refractivity contribution is 5.57. The van der Waals surface area contributed by atoms with E-state index in [9.17, 15) is 10.1 Å². The van der Waals surface area contributed by atoms with Crippen molar-refractivity contribution in [1.29, 1.82) is 0 Å². The minimum absolute atomic E-state index is 0.158. The summed E-state index contributed by atoms with van der Waals surface area (Å²) in [6.45, 7) is 6.51. The maximum absolute atomic E-state index is 10.8. The van der Waals surface area contributed by atoms with Gasteiger partial charge >= 0.3 is 0 Å². The Morgan fingerprint density at radius 3 is 2.74 bits per heavy atom. The van der Waals surface area contributed by atoms with Crippen molar-refractivity contribution in [2.75, 3.05) is 5.32 Å². The molecule has 3 unspecified atom stereocenters. The molecule has 1 saturated carbocycles. The van der Waals surface area contributed by atoms with Gasteiger partial charge in [-0.3, -0.25) is 10.1 Å². The van der Waals surface area contributed by atoms with Gasteiger partial charge in [0.2, 0.25) is 0 Å². The van der Waals surface area contributed by atoms with E-state index < -0.39 is 0 Å². The highest BCUT2D eigenvalue weighted by Gasteiger charge is 2.31. The van der Waals surface area contributed by atoms with Gasteiger partial charge in [-0.2, -0.15) is 0 Å². The average Bonchev–Trinajstić information content (AvgIpc) is 2.73. The van der Waals surface area contributed by atoms with Crippen LogP contribution in [0.15, 0.2) is 18.2 Å². The number of benzene rings is 1. The number of hydrogen-bond acceptors (Lipinski definition) is 3. The van der Waals surface area contributed by atoms with Gasteiger partial charge in [0.15, 0.2) is 0 Å². The molecule has 2 rings (SSSR count). The van der Waals surface area contributed by atoms with Gasteiger partial charge in [-0.1, -0.05) is 26.3 Å². The SMILES string of the molecule is CCC1CCC(Nc2cc([N+](=O)[O-])ccc2C)C1C. The lowest BCUT2D eigenvalue weighted by atomic mass is 9.93. The smallest absolute Gasteiger partial charge is 0.271 e. The number of nitro groups is 1. The summed E-state index contributed by atoms with van der Waals surface area (Å²) in [5, 5.41) is 14.4. The van der Waals surface area contributed by atoms with Crippen molar-refractivity contribution >= 4 is 11.4 Å². The third kappa shape index (κ3) is 2.88. The Hall–Kier alpha value is -1.58. The zero-order chi connectivity index (χ0) is 14.0. The standard InChI is InChI=1S/C15H22N2O2/c1-4-12-6-8-14(11(12)3)16-15-9-13(17(18)19)7-5-10(15)2/h5,7,9,11-12,14,16H,4,6,8H2,1-3H3. The Labute approximate surface area is 114 Å². The molecule has 0 aliphatic heterocycles. The summed E-state index contributed by atoms with van der Waals surface area (Å²) in [4.78, 5) is 10.5. The number of anilines is 1. The van der Waals surface area contributed by atoms with Gasteiger partial charge in [-0.25, -0.2) is 0 Å². The number of non-ortho nitro benzene ring substituents is 1. The summed E-state index contributed by atoms with van der Waals surface area (Å²) in [5.41, 5.74) is 2.13. The molecule has 0 aromatic heterocycles. The zero-order valence-electron chi connectivity index (χ0n) is 11.8. The summed E-state index contributed by atoms with van der Waals surface area (Å²) in [6.07, 6.45) is 3.62. The first-order valence-corrected chi connectivity index (χ1v) is 7.04. The van der Waals surface area contributed by atoms with Crippen LogP contribution in [0.2, 0.25) is 0 Å². The number of aryl methyl sites for hydroxylation is 1. The molecule has 19 heavy (non-hydrogen) atoms. The van der Waals surface area contributed by atoms with Gasteiger partial charge in [-0.05, 0) is 37.2 Å². The zero-order valence-corrected chi connectivity index (χ0v) is 11.8. The van der Waals surface area contributed by atoms with E-state index >= 15 is 0 Å². The van der Waals surface area contributed by atoms with E-state index in [1.807, 2.05) is 13.0 Å². The van der Waals surface area contributed by atoms with Crippen LogP contribution in [0.5, 0.6) is 0 Å². The Bertz CT molecular complexity index is 473. The molecule has 0 bridgehead atoms. The fourth-order valence-corrected chi connectivity index (χ4v) is 3.11. The molecular weight excluding hydrogens is 240 g/mol. The van der Waals surface area contributed by atoms with E-state index in [0.717, 1.165) is 23.6 Å². The van der Waals surface area contributed by atoms with E-state index in [-0.39, 0.29) is 10.6 Å². The molecule has 104 valence electrons. The van der Waals surface area contributed by atoms with Crippen LogP contribution in [0.3, 0.4) is 0 Å². The Balaban J connectivity index is 2.15. The minimum atomic E-state index is -0.336. The number of nitrogens with one attached hydrogen (secondary N) is 1. The van der Waals surface area contributed by atoms with Crippen molar-refractivity contribution in [3.8, 4) is 0 Å². The van der Waals surface area contributed by atoms with E-state index in [4.69, 9.17) is 0 Å². The van der Waals surface area contributed by atoms with Crippen LogP contribution in [-0.2, 0) is 0 Å². The van der Waals surface area contributed by atoms with Crippen molar-refractivity contribution in [1.82, 2.24) is 0 Å². The molecular formula is C15H22N2O2. The van der Waals surface area contributed by atoms with Crippen molar-refractivity contribution in [3.05, 3.63) is 33.9 Å². The Kier molecular flexibility index (Phi) is 4.08. The van der Waals surface area contributed by atoms with Crippen molar-refractivity contribution in [2.45, 2.75) is 46.1 Å². The molecule has 1 aromatic carbocycles. The Morgan fingerprint density at radius 1 is 1.42 bits per heavy atom. The molecule has 1 aliphatic rings. The summed E-state index contributed by atoms with van der Waals surface area (Å²) in [6, 6.07) is 5.47. The van der Waals surface area contributed by atoms with Gasteiger partial charge in [0.1, 0.15) is 0 Å². The second kappa shape index (κ2) is 5.59. The number of nitro benzene ring substituents is 1. The summed E-state index contributed by atoms with van der Waals surface area (Å²) in [7, 11) is 0. The highest BCUT2D eigenvalue weighted by atomic mass is 16.6. The topological polar surface area (TPSA) is 55.2 Å². The molecule has 0 spiro atoms. The monoisotopic (exact) mass is 262 g/mol. The van der Waals surface area contributed by atoms with E-state index in [0.29, 0.717) is 12.0 Å². The third-order valence-corrected chi connectivity index (χ3v) is 4.52. The number of hydrogen-bond donors (Lipinski definition) is 1. The lowest BCUT2D eigenvalue weighted by molar-refractivity contribution is -0.384. The van der Waals surface area contributed by atoms with Gasteiger partial charge in [0.25, 0.3) is 5.69 Å². The predicted octanol–water partition coefficient (Wildman–Crippen LogP) is 4.14. The molecule has 1 aliphatic carbocycles. The largest absolute Gasteiger partial charge is 0.382 e. The quantitative estimate of drug-likeness (QED) is 0.655. The number of rotatable bonds is 4. The number of nitrogens with zero attached hydrogens (tertiary/aromatic N) is 1. The second-order valence-corrected chi connectivity index (χ2v) is 5.61. The summed E-state index contributed by atoms with van der Waals surface area (Å²) in [5.74, 6) is 1.40. The molecule has 0 heterocycles. The lowest BCUT2D eigenvalue weighted by Crippen LogP contribution is -2.25. The molecule has 0 amide bonds. The normalized spacial score (nSPS) is 26.4. The molecule has 1 fully saturated rings. The minimum Gasteiger partial charge on any atom is -0.382 e. The van der Waals surface area contributed by atoms with E-state index in [1.54, 1.807) is 12.1 Å². The molecule has 4 nitrogen and oxygen atoms in total. The van der Waals surface area contributed by atoms with Gasteiger partial charge < -0.3 is 5.32 Å². The van der Waals surface area contributed by atoms with Crippen LogP contribution in [0.25, 0.3) is 0 Å². The first-order chi connectivity index (χ1) is 9.02. The molecule has 4 heteroatoms. The predicted molar refractivity (Wildman–Crippen MR) is 77.4 cm³/mol. The fourth-order valence-electron chi connectivity index (χ4n) is 3.11. The molecule has 0 saturated heterocycles. The van der Waals surface area contributed by atoms with Crippen LogP contribution in [-0.4, -0.2) is 11.0 Å². The van der Waals surface area contributed by atoms with E-state index in [1.165, 1.54) is 12.8 Å². The second-order valence-electron chi connectivity index (χ2n) is 5.61. The van der Waals surface area contributed by atoms with Crippen LogP contribution >= 0.6 is 0 Å². The fraction of sp³-hybridized carbons (Fsp3) is 0.600. The maximum Gasteiger partial charge on any atom is 0.271 e. The van der Waals surface area contributed by atoms with Crippen molar-refractivity contribution in [2.24, 2.45) is 11.8 Å². The molecule has 0 radical (unpaired) electrons. The maximum atomic E-state index is 10.8. The molecule has 3 atom stereocenters. The first kappa shape index (κ1) is 13.8. The van der Waals surface area contributed by atoms with Gasteiger partial charge in [0.05, 0.1) is 4.92 Å². The van der Waals surface area contributed by atoms with Crippen LogP contribution < -0.4 is 5.32 Å². The Morgan fingerprint density at radius 2 is 2.16 bits per heavy atom. The first-order valence-electron chi connectivity index (χ1n) is 7.04. The van der Waals surface area contributed by atoms with Crippen LogP contribution in [0.1, 0.15) is 38.7 Å². The third-order valence-electron chi connectivity index (χ3n) is 4.52. The van der Waals surface area contributed by atoms with Crippen LogP contribution in [0, 0.1) is 28.9 Å². The van der Waals surface area contributed by atoms with Crippen molar-refractivity contribution < 1.29 is 4.92 Å². The highest BCUT2D eigenvalue weighted by Crippen LogP contribution is 2.36. The molecule has 1 N–H and O–H groups in total. The lowest BCUT2D eigenvalue weighted by Gasteiger charge is -2.22. The van der Waals surface area contributed by atoms with E-state index in [2.05, 4.69) is 19.2 Å². The molecule has 1 aromatic rings. The van der Waals surface area contributed by atoms with Gasteiger partial charge in [0, 0.05) is 23.9 Å². The van der Waals surface area contributed by atoms with Crippen molar-refractivity contribution in [3.63, 3.8) is 0 Å². The summed E-state index contributed by atoms with van der Waals surface area (Å²) < 4.78 is 0. The van der Waals surface area contributed by atoms with Gasteiger partial charge in [-0.15, -0.1) is 0 Å².